The Morgan fingerprint density at radius 3 is 2.74 bits per heavy atom. The van der Waals surface area contributed by atoms with Crippen LogP contribution in [-0.2, 0) is 6.42 Å². The minimum Gasteiger partial charge on any atom is -0.493 e. The Hall–Kier alpha value is -2.82. The molecule has 118 valence electrons. The van der Waals surface area contributed by atoms with Gasteiger partial charge in [-0.2, -0.15) is 0 Å². The second-order valence-corrected chi connectivity index (χ2v) is 5.21. The third-order valence-electron chi connectivity index (χ3n) is 3.83. The van der Waals surface area contributed by atoms with Crippen molar-refractivity contribution in [2.24, 2.45) is 0 Å². The molecular formula is C18H18N2O3. The summed E-state index contributed by atoms with van der Waals surface area (Å²) in [4.78, 5) is 16.4. The summed E-state index contributed by atoms with van der Waals surface area (Å²) in [7, 11) is 3.22. The van der Waals surface area contributed by atoms with Crippen LogP contribution in [0.2, 0.25) is 0 Å². The molecule has 1 N–H and O–H groups in total. The van der Waals surface area contributed by atoms with Gasteiger partial charge in [0, 0.05) is 41.8 Å². The molecule has 0 atom stereocenters. The summed E-state index contributed by atoms with van der Waals surface area (Å²) in [6.45, 7) is 0.772. The van der Waals surface area contributed by atoms with Gasteiger partial charge >= 0.3 is 0 Å². The second-order valence-electron chi connectivity index (χ2n) is 5.21. The van der Waals surface area contributed by atoms with Crippen LogP contribution in [0.5, 0.6) is 11.5 Å². The maximum atomic E-state index is 12.4. The number of allylic oxidation sites excluding steroid dienone is 1. The molecule has 2 heterocycles. The van der Waals surface area contributed by atoms with Crippen LogP contribution in [0.25, 0.3) is 5.70 Å². The molecule has 0 amide bonds. The number of aromatic nitrogens is 1. The third-order valence-corrected chi connectivity index (χ3v) is 3.83. The minimum atomic E-state index is -0.0803. The lowest BCUT2D eigenvalue weighted by Crippen LogP contribution is -2.23. The second kappa shape index (κ2) is 6.52. The summed E-state index contributed by atoms with van der Waals surface area (Å²) in [5, 5.41) is 3.29. The summed E-state index contributed by atoms with van der Waals surface area (Å²) in [5.41, 5.74) is 3.45. The van der Waals surface area contributed by atoms with Gasteiger partial charge in [0.25, 0.3) is 0 Å². The third kappa shape index (κ3) is 3.04. The van der Waals surface area contributed by atoms with Gasteiger partial charge in [-0.25, -0.2) is 0 Å². The van der Waals surface area contributed by atoms with Crippen LogP contribution in [0, 0.1) is 0 Å². The van der Waals surface area contributed by atoms with Gasteiger partial charge < -0.3 is 14.8 Å². The number of nitrogens with zero attached hydrogens (tertiary/aromatic N) is 1. The van der Waals surface area contributed by atoms with Gasteiger partial charge in [-0.05, 0) is 36.2 Å². The summed E-state index contributed by atoms with van der Waals surface area (Å²) < 4.78 is 10.7. The Kier molecular flexibility index (Phi) is 4.28. The van der Waals surface area contributed by atoms with E-state index >= 15 is 0 Å². The van der Waals surface area contributed by atoms with Crippen molar-refractivity contribution in [3.63, 3.8) is 0 Å². The van der Waals surface area contributed by atoms with E-state index in [1.54, 1.807) is 44.8 Å². The molecule has 5 heteroatoms. The van der Waals surface area contributed by atoms with E-state index in [0.29, 0.717) is 17.1 Å². The number of pyridine rings is 1. The van der Waals surface area contributed by atoms with Gasteiger partial charge in [-0.1, -0.05) is 0 Å². The Balaban J connectivity index is 2.01. The average molecular weight is 310 g/mol. The Morgan fingerprint density at radius 1 is 1.26 bits per heavy atom. The highest BCUT2D eigenvalue weighted by atomic mass is 16.5. The van der Waals surface area contributed by atoms with Crippen molar-refractivity contribution in [2.45, 2.75) is 6.42 Å². The van der Waals surface area contributed by atoms with E-state index in [-0.39, 0.29) is 5.78 Å². The van der Waals surface area contributed by atoms with E-state index in [1.165, 1.54) is 0 Å². The zero-order valence-corrected chi connectivity index (χ0v) is 13.1. The molecule has 0 fully saturated rings. The van der Waals surface area contributed by atoms with Crippen LogP contribution >= 0.6 is 0 Å². The zero-order valence-electron chi connectivity index (χ0n) is 13.1. The number of carbonyl (C=O) groups excluding carboxylic acids is 1. The van der Waals surface area contributed by atoms with Crippen LogP contribution in [-0.4, -0.2) is 31.5 Å². The van der Waals surface area contributed by atoms with Crippen molar-refractivity contribution in [1.29, 1.82) is 0 Å². The van der Waals surface area contributed by atoms with Gasteiger partial charge in [-0.15, -0.1) is 0 Å². The van der Waals surface area contributed by atoms with Crippen molar-refractivity contribution in [2.75, 3.05) is 20.8 Å². The van der Waals surface area contributed by atoms with Crippen LogP contribution in [0.4, 0.5) is 0 Å². The quantitative estimate of drug-likeness (QED) is 0.694. The lowest BCUT2D eigenvalue weighted by atomic mass is 9.96. The first-order valence-corrected chi connectivity index (χ1v) is 7.38. The number of ether oxygens (including phenoxy) is 2. The maximum absolute atomic E-state index is 12.4. The van der Waals surface area contributed by atoms with Crippen LogP contribution < -0.4 is 14.8 Å². The molecule has 0 spiro atoms. The number of carbonyl (C=O) groups is 1. The fourth-order valence-electron chi connectivity index (χ4n) is 2.66. The lowest BCUT2D eigenvalue weighted by Gasteiger charge is -2.23. The Labute approximate surface area is 135 Å². The van der Waals surface area contributed by atoms with Crippen molar-refractivity contribution < 1.29 is 14.3 Å². The van der Waals surface area contributed by atoms with Gasteiger partial charge in [0.15, 0.2) is 17.3 Å². The smallest absolute Gasteiger partial charge is 0.189 e. The molecular weight excluding hydrogens is 292 g/mol. The molecule has 3 rings (SSSR count). The van der Waals surface area contributed by atoms with E-state index < -0.39 is 0 Å². The summed E-state index contributed by atoms with van der Waals surface area (Å²) >= 11 is 0. The van der Waals surface area contributed by atoms with Crippen LogP contribution in [0.3, 0.4) is 0 Å². The molecule has 0 bridgehead atoms. The average Bonchev–Trinajstić information content (AvgIpc) is 2.61. The van der Waals surface area contributed by atoms with E-state index in [9.17, 15) is 4.79 Å². The largest absolute Gasteiger partial charge is 0.493 e. The number of hydrogen-bond donors (Lipinski definition) is 1. The highest BCUT2D eigenvalue weighted by Gasteiger charge is 2.19. The number of rotatable bonds is 4. The summed E-state index contributed by atoms with van der Waals surface area (Å²) in [5.74, 6) is 1.27. The van der Waals surface area contributed by atoms with Gasteiger partial charge in [-0.3, -0.25) is 9.78 Å². The zero-order chi connectivity index (χ0) is 16.2. The first-order valence-electron chi connectivity index (χ1n) is 7.38. The van der Waals surface area contributed by atoms with E-state index in [1.807, 2.05) is 12.1 Å². The van der Waals surface area contributed by atoms with Crippen molar-refractivity contribution >= 4 is 11.5 Å². The van der Waals surface area contributed by atoms with Gasteiger partial charge in [0.1, 0.15) is 0 Å². The lowest BCUT2D eigenvalue weighted by molar-refractivity contribution is 0.104. The molecule has 0 aliphatic carbocycles. The Bertz CT molecular complexity index is 754. The molecule has 1 aromatic carbocycles. The topological polar surface area (TPSA) is 60.5 Å². The predicted octanol–water partition coefficient (Wildman–Crippen LogP) is 2.47. The predicted molar refractivity (Wildman–Crippen MR) is 87.8 cm³/mol. The van der Waals surface area contributed by atoms with Crippen molar-refractivity contribution in [1.82, 2.24) is 10.3 Å². The minimum absolute atomic E-state index is 0.0803. The number of methoxy groups -OCH3 is 2. The first kappa shape index (κ1) is 15.1. The molecule has 0 saturated carbocycles. The maximum Gasteiger partial charge on any atom is 0.189 e. The molecule has 1 aromatic heterocycles. The van der Waals surface area contributed by atoms with E-state index in [2.05, 4.69) is 10.3 Å². The summed E-state index contributed by atoms with van der Waals surface area (Å²) in [6.07, 6.45) is 5.70. The van der Waals surface area contributed by atoms with Gasteiger partial charge in [0.05, 0.1) is 14.2 Å². The first-order chi connectivity index (χ1) is 11.2. The SMILES string of the molecule is COc1cc2c(cc1OC)/C(=C/C(=O)c1cccnc1)NCC2. The molecule has 0 radical (unpaired) electrons. The van der Waals surface area contributed by atoms with Crippen LogP contribution in [0.15, 0.2) is 42.7 Å². The molecule has 1 aliphatic heterocycles. The van der Waals surface area contributed by atoms with Gasteiger partial charge in [0.2, 0.25) is 0 Å². The highest BCUT2D eigenvalue weighted by Crippen LogP contribution is 2.34. The highest BCUT2D eigenvalue weighted by molar-refractivity contribution is 6.08. The molecule has 1 aliphatic rings. The Morgan fingerprint density at radius 2 is 2.04 bits per heavy atom. The molecule has 23 heavy (non-hydrogen) atoms. The van der Waals surface area contributed by atoms with Crippen molar-refractivity contribution in [3.05, 3.63) is 59.4 Å². The normalized spacial score (nSPS) is 14.8. The number of nitrogens with one attached hydrogen (secondary N) is 1. The molecule has 0 unspecified atom stereocenters. The monoisotopic (exact) mass is 310 g/mol. The number of benzene rings is 1. The molecule has 0 saturated heterocycles. The molecule has 2 aromatic rings. The summed E-state index contributed by atoms with van der Waals surface area (Å²) in [6, 6.07) is 7.38. The number of hydrogen-bond acceptors (Lipinski definition) is 5. The number of ketones is 1. The van der Waals surface area contributed by atoms with Crippen LogP contribution in [0.1, 0.15) is 21.5 Å². The van der Waals surface area contributed by atoms with E-state index in [4.69, 9.17) is 9.47 Å². The fraction of sp³-hybridized carbons (Fsp3) is 0.222. The van der Waals surface area contributed by atoms with E-state index in [0.717, 1.165) is 29.8 Å². The standard InChI is InChI=1S/C18H18N2O3/c1-22-17-8-12-5-7-20-15(14(12)9-18(17)23-2)10-16(21)13-4-3-6-19-11-13/h3-4,6,8-11,20H,5,7H2,1-2H3/b15-10-. The fourth-order valence-corrected chi connectivity index (χ4v) is 2.66. The molecule has 5 nitrogen and oxygen atoms in total. The van der Waals surface area contributed by atoms with Crippen molar-refractivity contribution in [3.8, 4) is 11.5 Å². The number of fused-ring (bicyclic) bond motifs is 1.